The van der Waals surface area contributed by atoms with E-state index in [2.05, 4.69) is 6.58 Å². The Bertz CT molecular complexity index is 205. The van der Waals surface area contributed by atoms with Gasteiger partial charge in [-0.2, -0.15) is 0 Å². The first kappa shape index (κ1) is 7.60. The van der Waals surface area contributed by atoms with Gasteiger partial charge in [0.15, 0.2) is 9.84 Å². The van der Waals surface area contributed by atoms with Crippen LogP contribution in [0.5, 0.6) is 0 Å². The van der Waals surface area contributed by atoms with Crippen molar-refractivity contribution in [2.45, 2.75) is 0 Å². The molecule has 0 aromatic heterocycles. The van der Waals surface area contributed by atoms with Crippen molar-refractivity contribution in [3.63, 3.8) is 0 Å². The number of hydrogen-bond donors (Lipinski definition) is 0. The molecular formula is C6H10O3S. The highest BCUT2D eigenvalue weighted by molar-refractivity contribution is 7.92. The van der Waals surface area contributed by atoms with Crippen LogP contribution >= 0.6 is 0 Å². The molecule has 0 aromatic rings. The fraction of sp³-hybridized carbons (Fsp3) is 0.667. The zero-order valence-corrected chi connectivity index (χ0v) is 6.43. The van der Waals surface area contributed by atoms with Crippen molar-refractivity contribution in [2.75, 3.05) is 18.1 Å². The van der Waals surface area contributed by atoms with Gasteiger partial charge in [0.1, 0.15) is 0 Å². The summed E-state index contributed by atoms with van der Waals surface area (Å²) in [5.41, 5.74) is 0. The SMILES string of the molecule is C=COCC1CS(=O)(=O)C1. The van der Waals surface area contributed by atoms with Gasteiger partial charge >= 0.3 is 0 Å². The standard InChI is InChI=1S/C6H10O3S/c1-2-9-3-6-4-10(7,8)5-6/h2,6H,1,3-5H2. The highest BCUT2D eigenvalue weighted by Crippen LogP contribution is 2.17. The van der Waals surface area contributed by atoms with E-state index in [0.29, 0.717) is 6.61 Å². The largest absolute Gasteiger partial charge is 0.501 e. The number of sulfone groups is 1. The molecule has 1 saturated heterocycles. The number of hydrogen-bond acceptors (Lipinski definition) is 3. The van der Waals surface area contributed by atoms with Gasteiger partial charge < -0.3 is 4.74 Å². The van der Waals surface area contributed by atoms with E-state index in [4.69, 9.17) is 4.74 Å². The molecule has 58 valence electrons. The van der Waals surface area contributed by atoms with Crippen molar-refractivity contribution >= 4 is 9.84 Å². The van der Waals surface area contributed by atoms with E-state index >= 15 is 0 Å². The molecule has 1 aliphatic rings. The van der Waals surface area contributed by atoms with Gasteiger partial charge in [0.25, 0.3) is 0 Å². The molecule has 0 saturated carbocycles. The predicted octanol–water partition coefficient (Wildman–Crippen LogP) is 0.191. The van der Waals surface area contributed by atoms with Crippen LogP contribution in [0.2, 0.25) is 0 Å². The lowest BCUT2D eigenvalue weighted by Gasteiger charge is -2.24. The molecule has 0 aliphatic carbocycles. The molecule has 1 heterocycles. The van der Waals surface area contributed by atoms with E-state index in [1.807, 2.05) is 0 Å². The van der Waals surface area contributed by atoms with E-state index in [1.54, 1.807) is 0 Å². The Balaban J connectivity index is 2.21. The van der Waals surface area contributed by atoms with Crippen LogP contribution in [-0.2, 0) is 14.6 Å². The van der Waals surface area contributed by atoms with Gasteiger partial charge in [0.05, 0.1) is 24.4 Å². The minimum absolute atomic E-state index is 0.197. The zero-order chi connectivity index (χ0) is 7.61. The number of ether oxygens (including phenoxy) is 1. The average Bonchev–Trinajstić information content (AvgIpc) is 1.78. The number of rotatable bonds is 3. The molecule has 0 aromatic carbocycles. The summed E-state index contributed by atoms with van der Waals surface area (Å²) in [6.07, 6.45) is 1.34. The van der Waals surface area contributed by atoms with Gasteiger partial charge in [-0.3, -0.25) is 0 Å². The van der Waals surface area contributed by atoms with Crippen molar-refractivity contribution in [2.24, 2.45) is 5.92 Å². The van der Waals surface area contributed by atoms with Gasteiger partial charge in [-0.25, -0.2) is 8.42 Å². The molecule has 0 amide bonds. The second-order valence-corrected chi connectivity index (χ2v) is 4.60. The summed E-state index contributed by atoms with van der Waals surface area (Å²) < 4.78 is 26.0. The maximum atomic E-state index is 10.6. The molecule has 0 atom stereocenters. The highest BCUT2D eigenvalue weighted by atomic mass is 32.2. The minimum atomic E-state index is -2.68. The minimum Gasteiger partial charge on any atom is -0.501 e. The normalized spacial score (nSPS) is 23.2. The smallest absolute Gasteiger partial charge is 0.151 e. The van der Waals surface area contributed by atoms with Crippen molar-refractivity contribution in [1.82, 2.24) is 0 Å². The van der Waals surface area contributed by atoms with E-state index in [9.17, 15) is 8.42 Å². The summed E-state index contributed by atoms with van der Waals surface area (Å²) in [5.74, 6) is 0.754. The zero-order valence-electron chi connectivity index (χ0n) is 5.62. The van der Waals surface area contributed by atoms with Crippen LogP contribution in [0.3, 0.4) is 0 Å². The molecule has 3 nitrogen and oxygen atoms in total. The highest BCUT2D eigenvalue weighted by Gasteiger charge is 2.33. The summed E-state index contributed by atoms with van der Waals surface area (Å²) in [7, 11) is -2.68. The first-order valence-corrected chi connectivity index (χ1v) is 4.89. The van der Waals surface area contributed by atoms with Crippen LogP contribution < -0.4 is 0 Å². The molecular weight excluding hydrogens is 152 g/mol. The molecule has 10 heavy (non-hydrogen) atoms. The van der Waals surface area contributed by atoms with E-state index < -0.39 is 9.84 Å². The topological polar surface area (TPSA) is 43.4 Å². The Labute approximate surface area is 60.6 Å². The molecule has 1 aliphatic heterocycles. The average molecular weight is 162 g/mol. The van der Waals surface area contributed by atoms with Gasteiger partial charge in [0.2, 0.25) is 0 Å². The van der Waals surface area contributed by atoms with Gasteiger partial charge in [-0.15, -0.1) is 0 Å². The summed E-state index contributed by atoms with van der Waals surface area (Å²) in [5, 5.41) is 0. The lowest BCUT2D eigenvalue weighted by atomic mass is 10.2. The molecule has 0 unspecified atom stereocenters. The van der Waals surface area contributed by atoms with Gasteiger partial charge in [-0.05, 0) is 0 Å². The maximum absolute atomic E-state index is 10.6. The molecule has 1 rings (SSSR count). The second kappa shape index (κ2) is 2.62. The summed E-state index contributed by atoms with van der Waals surface area (Å²) in [4.78, 5) is 0. The molecule has 1 fully saturated rings. The van der Waals surface area contributed by atoms with Crippen LogP contribution in [-0.4, -0.2) is 26.5 Å². The molecule has 0 spiro atoms. The van der Waals surface area contributed by atoms with Crippen LogP contribution in [0.25, 0.3) is 0 Å². The molecule has 4 heteroatoms. The fourth-order valence-electron chi connectivity index (χ4n) is 0.970. The lowest BCUT2D eigenvalue weighted by Crippen LogP contribution is -2.38. The van der Waals surface area contributed by atoms with Crippen molar-refractivity contribution in [3.05, 3.63) is 12.8 Å². The lowest BCUT2D eigenvalue weighted by molar-refractivity contribution is 0.207. The van der Waals surface area contributed by atoms with Crippen molar-refractivity contribution in [3.8, 4) is 0 Å². The second-order valence-electron chi connectivity index (χ2n) is 2.44. The van der Waals surface area contributed by atoms with Gasteiger partial charge in [-0.1, -0.05) is 6.58 Å². The molecule has 0 radical (unpaired) electrons. The third-order valence-electron chi connectivity index (χ3n) is 1.43. The Hall–Kier alpha value is -0.510. The Morgan fingerprint density at radius 2 is 2.20 bits per heavy atom. The Kier molecular flexibility index (Phi) is 1.99. The fourth-order valence-corrected chi connectivity index (χ4v) is 2.50. The first-order valence-electron chi connectivity index (χ1n) is 3.07. The van der Waals surface area contributed by atoms with E-state index in [0.717, 1.165) is 0 Å². The van der Waals surface area contributed by atoms with Crippen LogP contribution in [0.4, 0.5) is 0 Å². The van der Waals surface area contributed by atoms with Crippen LogP contribution in [0, 0.1) is 5.92 Å². The summed E-state index contributed by atoms with van der Waals surface area (Å²) in [6, 6.07) is 0. The van der Waals surface area contributed by atoms with Crippen molar-refractivity contribution in [1.29, 1.82) is 0 Å². The van der Waals surface area contributed by atoms with Crippen LogP contribution in [0.15, 0.2) is 12.8 Å². The Morgan fingerprint density at radius 1 is 1.60 bits per heavy atom. The molecule has 0 N–H and O–H groups in total. The van der Waals surface area contributed by atoms with Crippen molar-refractivity contribution < 1.29 is 13.2 Å². The maximum Gasteiger partial charge on any atom is 0.151 e. The van der Waals surface area contributed by atoms with Crippen LogP contribution in [0.1, 0.15) is 0 Å². The third kappa shape index (κ3) is 1.73. The van der Waals surface area contributed by atoms with Gasteiger partial charge in [0, 0.05) is 5.92 Å². The third-order valence-corrected chi connectivity index (χ3v) is 3.39. The first-order chi connectivity index (χ1) is 4.64. The molecule has 0 bridgehead atoms. The summed E-state index contributed by atoms with van der Waals surface area (Å²) in [6.45, 7) is 3.84. The summed E-state index contributed by atoms with van der Waals surface area (Å²) >= 11 is 0. The quantitative estimate of drug-likeness (QED) is 0.556. The predicted molar refractivity (Wildman–Crippen MR) is 38.3 cm³/mol. The van der Waals surface area contributed by atoms with E-state index in [-0.39, 0.29) is 17.4 Å². The Morgan fingerprint density at radius 3 is 2.60 bits per heavy atom. The monoisotopic (exact) mass is 162 g/mol. The van der Waals surface area contributed by atoms with E-state index in [1.165, 1.54) is 6.26 Å².